The zero-order valence-corrected chi connectivity index (χ0v) is 18.8. The van der Waals surface area contributed by atoms with Crippen LogP contribution in [0.4, 0.5) is 10.1 Å². The maximum absolute atomic E-state index is 13.3. The smallest absolute Gasteiger partial charge is 0.243 e. The van der Waals surface area contributed by atoms with Crippen LogP contribution in [0.2, 0.25) is 0 Å². The van der Waals surface area contributed by atoms with Crippen molar-refractivity contribution in [2.24, 2.45) is 5.92 Å². The number of piperidine rings is 1. The van der Waals surface area contributed by atoms with Crippen molar-refractivity contribution in [3.63, 3.8) is 0 Å². The minimum absolute atomic E-state index is 0.0381. The Labute approximate surface area is 178 Å². The molecule has 30 heavy (non-hydrogen) atoms. The first-order chi connectivity index (χ1) is 14.1. The molecule has 0 unspecified atom stereocenters. The van der Waals surface area contributed by atoms with Gasteiger partial charge in [-0.2, -0.15) is 4.31 Å². The lowest BCUT2D eigenvalue weighted by molar-refractivity contribution is -0.123. The highest BCUT2D eigenvalue weighted by Crippen LogP contribution is 2.30. The quantitative estimate of drug-likeness (QED) is 0.711. The van der Waals surface area contributed by atoms with E-state index in [-0.39, 0.29) is 17.6 Å². The second kappa shape index (κ2) is 8.86. The van der Waals surface area contributed by atoms with E-state index < -0.39 is 10.0 Å². The Morgan fingerprint density at radius 2 is 1.60 bits per heavy atom. The van der Waals surface area contributed by atoms with Crippen molar-refractivity contribution in [3.8, 4) is 0 Å². The van der Waals surface area contributed by atoms with Crippen LogP contribution < -0.4 is 4.90 Å². The van der Waals surface area contributed by atoms with Crippen molar-refractivity contribution in [2.45, 2.75) is 45.4 Å². The summed E-state index contributed by atoms with van der Waals surface area (Å²) in [5.74, 6) is -0.632. The van der Waals surface area contributed by atoms with Gasteiger partial charge in [-0.1, -0.05) is 17.7 Å². The molecule has 0 saturated carbocycles. The molecule has 5 nitrogen and oxygen atoms in total. The number of carbonyl (C=O) groups is 1. The van der Waals surface area contributed by atoms with Gasteiger partial charge in [0.2, 0.25) is 15.9 Å². The monoisotopic (exact) mass is 432 g/mol. The molecule has 1 saturated heterocycles. The summed E-state index contributed by atoms with van der Waals surface area (Å²) in [6.45, 7) is 8.58. The van der Waals surface area contributed by atoms with Gasteiger partial charge in [0.05, 0.1) is 4.90 Å². The van der Waals surface area contributed by atoms with Gasteiger partial charge in [0.1, 0.15) is 5.82 Å². The number of rotatable bonds is 5. The number of anilines is 1. The Bertz CT molecular complexity index is 1000. The number of aryl methyl sites for hydroxylation is 3. The third-order valence-corrected chi connectivity index (χ3v) is 7.93. The third kappa shape index (κ3) is 4.42. The van der Waals surface area contributed by atoms with E-state index in [1.54, 1.807) is 17.0 Å². The number of benzene rings is 2. The van der Waals surface area contributed by atoms with E-state index in [0.717, 1.165) is 16.7 Å². The zero-order chi connectivity index (χ0) is 22.1. The molecule has 0 spiro atoms. The zero-order valence-electron chi connectivity index (χ0n) is 18.0. The number of hydrogen-bond donors (Lipinski definition) is 0. The van der Waals surface area contributed by atoms with E-state index in [2.05, 4.69) is 0 Å². The minimum atomic E-state index is -3.61. The van der Waals surface area contributed by atoms with Gasteiger partial charge in [-0.15, -0.1) is 0 Å². The fourth-order valence-electron chi connectivity index (χ4n) is 4.35. The first-order valence-electron chi connectivity index (χ1n) is 10.3. The van der Waals surface area contributed by atoms with E-state index in [1.165, 1.54) is 16.4 Å². The Balaban J connectivity index is 1.74. The summed E-state index contributed by atoms with van der Waals surface area (Å²) in [7, 11) is -3.61. The van der Waals surface area contributed by atoms with Gasteiger partial charge in [-0.05, 0) is 75.9 Å². The van der Waals surface area contributed by atoms with Gasteiger partial charge >= 0.3 is 0 Å². The standard InChI is InChI=1S/C23H29FN2O3S/c1-5-26(21-8-6-20(24)7-9-21)23(27)19-10-12-25(13-11-19)30(28,29)22-17(3)14-16(2)15-18(22)4/h6-9,14-15,19H,5,10-13H2,1-4H3. The summed E-state index contributed by atoms with van der Waals surface area (Å²) >= 11 is 0. The average Bonchev–Trinajstić information content (AvgIpc) is 2.69. The molecule has 2 aromatic rings. The van der Waals surface area contributed by atoms with Gasteiger partial charge in [-0.25, -0.2) is 12.8 Å². The molecular formula is C23H29FN2O3S. The molecule has 0 atom stereocenters. The lowest BCUT2D eigenvalue weighted by atomic mass is 9.96. The van der Waals surface area contributed by atoms with Crippen molar-refractivity contribution in [1.82, 2.24) is 4.31 Å². The molecule has 1 fully saturated rings. The van der Waals surface area contributed by atoms with E-state index >= 15 is 0 Å². The van der Waals surface area contributed by atoms with Crippen molar-refractivity contribution in [3.05, 3.63) is 58.9 Å². The predicted molar refractivity (Wildman–Crippen MR) is 117 cm³/mol. The van der Waals surface area contributed by atoms with Crippen LogP contribution in [0.15, 0.2) is 41.3 Å². The summed E-state index contributed by atoms with van der Waals surface area (Å²) in [5, 5.41) is 0. The molecule has 162 valence electrons. The fraction of sp³-hybridized carbons (Fsp3) is 0.435. The molecular weight excluding hydrogens is 403 g/mol. The summed E-state index contributed by atoms with van der Waals surface area (Å²) in [5.41, 5.74) is 3.19. The number of hydrogen-bond acceptors (Lipinski definition) is 3. The lowest BCUT2D eigenvalue weighted by Crippen LogP contribution is -2.44. The van der Waals surface area contributed by atoms with E-state index in [4.69, 9.17) is 0 Å². The van der Waals surface area contributed by atoms with Crippen LogP contribution in [0.3, 0.4) is 0 Å². The lowest BCUT2D eigenvalue weighted by Gasteiger charge is -2.34. The normalized spacial score (nSPS) is 15.9. The van der Waals surface area contributed by atoms with Gasteiger partial charge in [-0.3, -0.25) is 4.79 Å². The van der Waals surface area contributed by atoms with Crippen LogP contribution in [-0.4, -0.2) is 38.3 Å². The maximum Gasteiger partial charge on any atom is 0.243 e. The highest BCUT2D eigenvalue weighted by Gasteiger charge is 2.35. The van der Waals surface area contributed by atoms with Crippen LogP contribution >= 0.6 is 0 Å². The second-order valence-corrected chi connectivity index (χ2v) is 9.84. The topological polar surface area (TPSA) is 57.7 Å². The molecule has 0 aromatic heterocycles. The van der Waals surface area contributed by atoms with E-state index in [9.17, 15) is 17.6 Å². The first-order valence-corrected chi connectivity index (χ1v) is 11.7. The van der Waals surface area contributed by atoms with E-state index in [0.29, 0.717) is 43.1 Å². The minimum Gasteiger partial charge on any atom is -0.312 e. The molecule has 1 heterocycles. The Hall–Kier alpha value is -2.25. The van der Waals surface area contributed by atoms with Crippen molar-refractivity contribution >= 4 is 21.6 Å². The Kier molecular flexibility index (Phi) is 6.62. The Morgan fingerprint density at radius 1 is 1.07 bits per heavy atom. The average molecular weight is 433 g/mol. The summed E-state index contributed by atoms with van der Waals surface area (Å²) in [4.78, 5) is 15.1. The molecule has 0 aliphatic carbocycles. The third-order valence-electron chi connectivity index (χ3n) is 5.73. The van der Waals surface area contributed by atoms with Crippen molar-refractivity contribution < 1.29 is 17.6 Å². The van der Waals surface area contributed by atoms with Crippen molar-refractivity contribution in [1.29, 1.82) is 0 Å². The highest BCUT2D eigenvalue weighted by molar-refractivity contribution is 7.89. The first kappa shape index (κ1) is 22.4. The second-order valence-electron chi connectivity index (χ2n) is 7.97. The number of halogens is 1. The molecule has 2 aromatic carbocycles. The van der Waals surface area contributed by atoms with Gasteiger partial charge in [0.15, 0.2) is 0 Å². The van der Waals surface area contributed by atoms with Crippen LogP contribution in [0.5, 0.6) is 0 Å². The van der Waals surface area contributed by atoms with Crippen LogP contribution in [0.1, 0.15) is 36.5 Å². The molecule has 0 N–H and O–H groups in total. The molecule has 1 aliphatic rings. The molecule has 1 amide bonds. The number of amides is 1. The SMILES string of the molecule is CCN(C(=O)C1CCN(S(=O)(=O)c2c(C)cc(C)cc2C)CC1)c1ccc(F)cc1. The molecule has 0 radical (unpaired) electrons. The van der Waals surface area contributed by atoms with Crippen LogP contribution in [0, 0.1) is 32.5 Å². The number of carbonyl (C=O) groups excluding carboxylic acids is 1. The number of nitrogens with zero attached hydrogens (tertiary/aromatic N) is 2. The van der Waals surface area contributed by atoms with Gasteiger partial charge in [0.25, 0.3) is 0 Å². The van der Waals surface area contributed by atoms with Gasteiger partial charge < -0.3 is 4.90 Å². The molecule has 7 heteroatoms. The summed E-state index contributed by atoms with van der Waals surface area (Å²) in [6.07, 6.45) is 0.944. The summed E-state index contributed by atoms with van der Waals surface area (Å²) < 4.78 is 41.2. The molecule has 3 rings (SSSR count). The largest absolute Gasteiger partial charge is 0.312 e. The van der Waals surface area contributed by atoms with Gasteiger partial charge in [0, 0.05) is 31.2 Å². The number of sulfonamides is 1. The predicted octanol–water partition coefficient (Wildman–Crippen LogP) is 4.20. The molecule has 1 aliphatic heterocycles. The molecule has 0 bridgehead atoms. The fourth-order valence-corrected chi connectivity index (χ4v) is 6.23. The Morgan fingerprint density at radius 3 is 2.10 bits per heavy atom. The maximum atomic E-state index is 13.3. The van der Waals surface area contributed by atoms with Crippen molar-refractivity contribution in [2.75, 3.05) is 24.5 Å². The summed E-state index contributed by atoms with van der Waals surface area (Å²) in [6, 6.07) is 9.65. The van der Waals surface area contributed by atoms with Crippen LogP contribution in [-0.2, 0) is 14.8 Å². The van der Waals surface area contributed by atoms with Crippen LogP contribution in [0.25, 0.3) is 0 Å². The van der Waals surface area contributed by atoms with E-state index in [1.807, 2.05) is 39.8 Å². The highest BCUT2D eigenvalue weighted by atomic mass is 32.2.